The molecule has 0 unspecified atom stereocenters. The second-order valence-electron chi connectivity index (χ2n) is 7.40. The van der Waals surface area contributed by atoms with E-state index >= 15 is 0 Å². The normalized spacial score (nSPS) is 10.4. The van der Waals surface area contributed by atoms with E-state index in [2.05, 4.69) is 15.5 Å². The summed E-state index contributed by atoms with van der Waals surface area (Å²) in [5.74, 6) is 0.741. The predicted molar refractivity (Wildman–Crippen MR) is 137 cm³/mol. The number of nitrogens with one attached hydrogen (secondary N) is 2. The van der Waals surface area contributed by atoms with Crippen molar-refractivity contribution in [3.05, 3.63) is 59.7 Å². The van der Waals surface area contributed by atoms with Gasteiger partial charge in [-0.1, -0.05) is 18.2 Å². The number of alkyl halides is 2. The molecule has 0 heterocycles. The Balaban J connectivity index is 0.00000512. The van der Waals surface area contributed by atoms with Crippen LogP contribution in [0, 0.1) is 0 Å². The molecule has 32 heavy (non-hydrogen) atoms. The molecule has 9 heteroatoms. The zero-order valence-electron chi connectivity index (χ0n) is 18.4. The number of nitrogens with zero attached hydrogens (tertiary/aromatic N) is 2. The van der Waals surface area contributed by atoms with Crippen LogP contribution in [0.15, 0.2) is 48.5 Å². The van der Waals surface area contributed by atoms with E-state index < -0.39 is 0 Å². The highest BCUT2D eigenvalue weighted by Crippen LogP contribution is 2.17. The van der Waals surface area contributed by atoms with E-state index in [-0.39, 0.29) is 30.6 Å². The van der Waals surface area contributed by atoms with Crippen molar-refractivity contribution in [2.75, 3.05) is 62.3 Å². The predicted octanol–water partition coefficient (Wildman–Crippen LogP) is 3.87. The van der Waals surface area contributed by atoms with Crippen molar-refractivity contribution in [1.29, 1.82) is 0 Å². The average molecular weight is 502 g/mol. The van der Waals surface area contributed by atoms with Crippen molar-refractivity contribution in [3.63, 3.8) is 0 Å². The van der Waals surface area contributed by atoms with E-state index in [4.69, 9.17) is 23.2 Å². The maximum Gasteiger partial charge on any atom is 0.251 e. The van der Waals surface area contributed by atoms with E-state index in [1.165, 1.54) is 0 Å². The van der Waals surface area contributed by atoms with Crippen molar-refractivity contribution in [2.45, 2.75) is 6.42 Å². The number of carbonyl (C=O) groups excluding carboxylic acids is 2. The summed E-state index contributed by atoms with van der Waals surface area (Å²) in [6, 6.07) is 14.7. The molecule has 0 atom stereocenters. The van der Waals surface area contributed by atoms with Crippen molar-refractivity contribution in [1.82, 2.24) is 10.2 Å². The van der Waals surface area contributed by atoms with Crippen LogP contribution in [0.25, 0.3) is 0 Å². The van der Waals surface area contributed by atoms with Crippen LogP contribution >= 0.6 is 35.6 Å². The van der Waals surface area contributed by atoms with Gasteiger partial charge >= 0.3 is 0 Å². The van der Waals surface area contributed by atoms with Crippen molar-refractivity contribution in [3.8, 4) is 0 Å². The third-order valence-electron chi connectivity index (χ3n) is 4.63. The Labute approximate surface area is 206 Å². The lowest BCUT2D eigenvalue weighted by atomic mass is 10.1. The summed E-state index contributed by atoms with van der Waals surface area (Å²) >= 11 is 11.7. The summed E-state index contributed by atoms with van der Waals surface area (Å²) in [5.41, 5.74) is 3.03. The van der Waals surface area contributed by atoms with E-state index in [1.54, 1.807) is 24.3 Å². The molecule has 2 aromatic carbocycles. The molecule has 0 radical (unpaired) electrons. The number of likely N-dealkylation sites (N-methyl/N-ethyl adjacent to an activating group) is 1. The number of hydrogen-bond donors (Lipinski definition) is 2. The summed E-state index contributed by atoms with van der Waals surface area (Å²) < 4.78 is 0. The Morgan fingerprint density at radius 3 is 2.19 bits per heavy atom. The second-order valence-corrected chi connectivity index (χ2v) is 8.15. The van der Waals surface area contributed by atoms with Gasteiger partial charge in [-0.05, 0) is 50.0 Å². The van der Waals surface area contributed by atoms with Gasteiger partial charge in [0.15, 0.2) is 0 Å². The molecule has 0 aromatic heterocycles. The number of anilines is 2. The van der Waals surface area contributed by atoms with E-state index in [0.29, 0.717) is 42.6 Å². The van der Waals surface area contributed by atoms with Crippen molar-refractivity contribution < 1.29 is 9.59 Å². The molecule has 0 bridgehead atoms. The molecule has 2 N–H and O–H groups in total. The molecule has 0 aliphatic carbocycles. The summed E-state index contributed by atoms with van der Waals surface area (Å²) in [6.45, 7) is 2.75. The highest BCUT2D eigenvalue weighted by Gasteiger charge is 2.10. The van der Waals surface area contributed by atoms with Crippen molar-refractivity contribution in [2.24, 2.45) is 0 Å². The lowest BCUT2D eigenvalue weighted by Crippen LogP contribution is -2.31. The minimum atomic E-state index is -0.160. The van der Waals surface area contributed by atoms with E-state index in [9.17, 15) is 9.59 Å². The minimum absolute atomic E-state index is 0. The van der Waals surface area contributed by atoms with Crippen LogP contribution in [0.1, 0.15) is 15.9 Å². The van der Waals surface area contributed by atoms with Crippen LogP contribution in [0.3, 0.4) is 0 Å². The molecule has 0 spiro atoms. The van der Waals surface area contributed by atoms with Gasteiger partial charge in [0.1, 0.15) is 0 Å². The number of carbonyl (C=O) groups is 2. The zero-order chi connectivity index (χ0) is 22.6. The van der Waals surface area contributed by atoms with E-state index in [1.807, 2.05) is 43.3 Å². The Hall–Kier alpha value is -1.99. The first-order valence-electron chi connectivity index (χ1n) is 10.2. The van der Waals surface area contributed by atoms with Gasteiger partial charge in [-0.2, -0.15) is 0 Å². The molecular weight excluding hydrogens is 471 g/mol. The summed E-state index contributed by atoms with van der Waals surface area (Å²) in [6.07, 6.45) is 0.241. The number of benzene rings is 2. The third kappa shape index (κ3) is 9.65. The maximum absolute atomic E-state index is 12.5. The van der Waals surface area contributed by atoms with Gasteiger partial charge in [0, 0.05) is 54.9 Å². The fourth-order valence-electron chi connectivity index (χ4n) is 3.02. The molecule has 176 valence electrons. The molecular formula is C23H31Cl3N4O2. The first-order chi connectivity index (χ1) is 14.9. The van der Waals surface area contributed by atoms with Gasteiger partial charge in [-0.25, -0.2) is 0 Å². The largest absolute Gasteiger partial charge is 0.369 e. The smallest absolute Gasteiger partial charge is 0.251 e. The lowest BCUT2D eigenvalue weighted by Gasteiger charge is -2.23. The standard InChI is InChI=1S/C23H30Cl2N4O2.ClH/c1-28(2)15-12-26-23(31)19-4-3-5-20(17-19)27-22(30)16-18-6-8-21(9-7-18)29(13-10-24)14-11-25;/h3-9,17H,10-16H2,1-2H3,(H,26,31)(H,27,30);1H. The van der Waals surface area contributed by atoms with Crippen LogP contribution in [0.4, 0.5) is 11.4 Å². The van der Waals surface area contributed by atoms with Gasteiger partial charge in [-0.3, -0.25) is 9.59 Å². The molecule has 0 fully saturated rings. The van der Waals surface area contributed by atoms with Crippen LogP contribution < -0.4 is 15.5 Å². The zero-order valence-corrected chi connectivity index (χ0v) is 20.8. The van der Waals surface area contributed by atoms with Crippen LogP contribution in [-0.4, -0.2) is 68.7 Å². The highest BCUT2D eigenvalue weighted by molar-refractivity contribution is 6.18. The second kappa shape index (κ2) is 15.0. The van der Waals surface area contributed by atoms with Gasteiger partial charge in [0.05, 0.1) is 6.42 Å². The molecule has 0 aliphatic heterocycles. The monoisotopic (exact) mass is 500 g/mol. The van der Waals surface area contributed by atoms with E-state index in [0.717, 1.165) is 17.8 Å². The Morgan fingerprint density at radius 2 is 1.59 bits per heavy atom. The van der Waals surface area contributed by atoms with Crippen LogP contribution in [0.2, 0.25) is 0 Å². The number of halogens is 3. The van der Waals surface area contributed by atoms with Gasteiger partial charge in [-0.15, -0.1) is 35.6 Å². The lowest BCUT2D eigenvalue weighted by molar-refractivity contribution is -0.115. The molecule has 0 saturated carbocycles. The molecule has 2 amide bonds. The van der Waals surface area contributed by atoms with Gasteiger partial charge in [0.2, 0.25) is 5.91 Å². The Morgan fingerprint density at radius 1 is 0.938 bits per heavy atom. The number of rotatable bonds is 12. The average Bonchev–Trinajstić information content (AvgIpc) is 2.74. The summed E-state index contributed by atoms with van der Waals surface area (Å²) in [4.78, 5) is 28.9. The Kier molecular flexibility index (Phi) is 13.1. The van der Waals surface area contributed by atoms with Crippen LogP contribution in [-0.2, 0) is 11.2 Å². The quantitative estimate of drug-likeness (QED) is 0.434. The van der Waals surface area contributed by atoms with Gasteiger partial charge in [0.25, 0.3) is 5.91 Å². The topological polar surface area (TPSA) is 64.7 Å². The maximum atomic E-state index is 12.5. The molecule has 0 saturated heterocycles. The fourth-order valence-corrected chi connectivity index (χ4v) is 3.43. The summed E-state index contributed by atoms with van der Waals surface area (Å²) in [5, 5.41) is 5.73. The van der Waals surface area contributed by atoms with Crippen LogP contribution in [0.5, 0.6) is 0 Å². The molecule has 0 aliphatic rings. The van der Waals surface area contributed by atoms with Crippen molar-refractivity contribution >= 4 is 58.8 Å². The highest BCUT2D eigenvalue weighted by atomic mass is 35.5. The first kappa shape index (κ1) is 28.0. The molecule has 2 aromatic rings. The van der Waals surface area contributed by atoms with Gasteiger partial charge < -0.3 is 20.4 Å². The molecule has 6 nitrogen and oxygen atoms in total. The SMILES string of the molecule is CN(C)CCNC(=O)c1cccc(NC(=O)Cc2ccc(N(CCCl)CCCl)cc2)c1.Cl. The molecule has 2 rings (SSSR count). The first-order valence-corrected chi connectivity index (χ1v) is 11.3. The number of hydrogen-bond acceptors (Lipinski definition) is 4. The summed E-state index contributed by atoms with van der Waals surface area (Å²) in [7, 11) is 3.90. The minimum Gasteiger partial charge on any atom is -0.369 e. The number of amides is 2. The fraction of sp³-hybridized carbons (Fsp3) is 0.391. The third-order valence-corrected chi connectivity index (χ3v) is 4.97. The Bertz CT molecular complexity index is 841.